The molecule has 1 radical (unpaired) electrons. The second kappa shape index (κ2) is 2.51. The van der Waals surface area contributed by atoms with Gasteiger partial charge in [-0.3, -0.25) is 0 Å². The Labute approximate surface area is 61.6 Å². The van der Waals surface area contributed by atoms with E-state index in [2.05, 4.69) is 5.32 Å². The molecule has 0 amide bonds. The van der Waals surface area contributed by atoms with Gasteiger partial charge in [0, 0.05) is 12.1 Å². The van der Waals surface area contributed by atoms with E-state index in [1.165, 1.54) is 19.3 Å². The van der Waals surface area contributed by atoms with Gasteiger partial charge in [-0.25, -0.2) is 5.11 Å². The number of hydrogen-bond donors (Lipinski definition) is 1. The molecular weight excluding hydrogens is 126 g/mol. The van der Waals surface area contributed by atoms with Crippen molar-refractivity contribution in [2.75, 3.05) is 6.61 Å². The fourth-order valence-electron chi connectivity index (χ4n) is 2.41. The van der Waals surface area contributed by atoms with Crippen molar-refractivity contribution in [3.8, 4) is 0 Å². The van der Waals surface area contributed by atoms with Crippen molar-refractivity contribution in [2.45, 2.75) is 37.8 Å². The maximum atomic E-state index is 10.3. The van der Waals surface area contributed by atoms with Crippen molar-refractivity contribution in [3.63, 3.8) is 0 Å². The van der Waals surface area contributed by atoms with Crippen molar-refractivity contribution in [2.24, 2.45) is 5.92 Å². The van der Waals surface area contributed by atoms with E-state index in [4.69, 9.17) is 0 Å². The molecule has 1 N–H and O–H groups in total. The summed E-state index contributed by atoms with van der Waals surface area (Å²) in [5.41, 5.74) is 0. The summed E-state index contributed by atoms with van der Waals surface area (Å²) in [4.78, 5) is 0. The van der Waals surface area contributed by atoms with Crippen LogP contribution >= 0.6 is 0 Å². The molecule has 3 unspecified atom stereocenters. The fourth-order valence-corrected chi connectivity index (χ4v) is 2.41. The molecule has 2 rings (SSSR count). The van der Waals surface area contributed by atoms with Crippen LogP contribution in [-0.2, 0) is 5.11 Å². The van der Waals surface area contributed by atoms with E-state index in [0.29, 0.717) is 6.04 Å². The first kappa shape index (κ1) is 6.62. The monoisotopic (exact) mass is 140 g/mol. The molecule has 2 aliphatic rings. The Morgan fingerprint density at radius 1 is 1.40 bits per heavy atom. The smallest absolute Gasteiger partial charge is 0.0825 e. The first-order chi connectivity index (χ1) is 4.90. The largest absolute Gasteiger partial charge is 0.311 e. The minimum absolute atomic E-state index is 0.121. The van der Waals surface area contributed by atoms with Gasteiger partial charge in [-0.15, -0.1) is 0 Å². The highest BCUT2D eigenvalue weighted by molar-refractivity contribution is 4.96. The van der Waals surface area contributed by atoms with Crippen molar-refractivity contribution < 1.29 is 5.11 Å². The zero-order chi connectivity index (χ0) is 6.97. The van der Waals surface area contributed by atoms with Gasteiger partial charge in [0.15, 0.2) is 0 Å². The molecule has 2 nitrogen and oxygen atoms in total. The van der Waals surface area contributed by atoms with E-state index in [0.717, 1.165) is 18.4 Å². The van der Waals surface area contributed by atoms with Gasteiger partial charge in [0.2, 0.25) is 0 Å². The summed E-state index contributed by atoms with van der Waals surface area (Å²) in [7, 11) is 0. The standard InChI is InChI=1S/C8H14NO/c10-4-3-6-5-7-1-2-8(6)9-7/h6-9H,1-5H2. The number of fused-ring (bicyclic) bond motifs is 2. The van der Waals surface area contributed by atoms with Crippen LogP contribution in [0, 0.1) is 5.92 Å². The van der Waals surface area contributed by atoms with Crippen LogP contribution in [0.5, 0.6) is 0 Å². The van der Waals surface area contributed by atoms with E-state index in [9.17, 15) is 5.11 Å². The SMILES string of the molecule is [O]CCC1CC2CCC1N2. The molecule has 2 saturated heterocycles. The molecule has 0 aromatic rings. The third-order valence-corrected chi connectivity index (χ3v) is 2.92. The zero-order valence-corrected chi connectivity index (χ0v) is 6.18. The lowest BCUT2D eigenvalue weighted by Crippen LogP contribution is -2.23. The Kier molecular flexibility index (Phi) is 1.66. The van der Waals surface area contributed by atoms with E-state index in [-0.39, 0.29) is 6.61 Å². The van der Waals surface area contributed by atoms with Crippen molar-refractivity contribution in [1.29, 1.82) is 0 Å². The molecule has 2 bridgehead atoms. The lowest BCUT2D eigenvalue weighted by Gasteiger charge is -2.17. The van der Waals surface area contributed by atoms with Crippen LogP contribution in [0.2, 0.25) is 0 Å². The molecule has 2 heterocycles. The van der Waals surface area contributed by atoms with Gasteiger partial charge in [-0.05, 0) is 31.6 Å². The quantitative estimate of drug-likeness (QED) is 0.608. The fraction of sp³-hybridized carbons (Fsp3) is 1.00. The van der Waals surface area contributed by atoms with Gasteiger partial charge in [-0.2, -0.15) is 0 Å². The first-order valence-corrected chi connectivity index (χ1v) is 4.24. The average Bonchev–Trinajstić information content (AvgIpc) is 2.48. The normalized spacial score (nSPS) is 44.7. The summed E-state index contributed by atoms with van der Waals surface area (Å²) < 4.78 is 0. The first-order valence-electron chi connectivity index (χ1n) is 4.24. The molecule has 2 fully saturated rings. The molecule has 10 heavy (non-hydrogen) atoms. The number of rotatable bonds is 2. The second-order valence-electron chi connectivity index (χ2n) is 3.54. The Bertz CT molecular complexity index is 126. The molecule has 0 aromatic heterocycles. The third-order valence-electron chi connectivity index (χ3n) is 2.92. The van der Waals surface area contributed by atoms with Crippen LogP contribution in [0.25, 0.3) is 0 Å². The summed E-state index contributed by atoms with van der Waals surface area (Å²) in [6.07, 6.45) is 4.83. The predicted molar refractivity (Wildman–Crippen MR) is 38.2 cm³/mol. The van der Waals surface area contributed by atoms with Gasteiger partial charge < -0.3 is 5.32 Å². The molecule has 2 aliphatic heterocycles. The van der Waals surface area contributed by atoms with Gasteiger partial charge in [-0.1, -0.05) is 0 Å². The highest BCUT2D eigenvalue weighted by Gasteiger charge is 2.38. The maximum Gasteiger partial charge on any atom is 0.0825 e. The molecule has 2 heteroatoms. The minimum atomic E-state index is 0.121. The van der Waals surface area contributed by atoms with Crippen LogP contribution in [-0.4, -0.2) is 18.7 Å². The summed E-state index contributed by atoms with van der Waals surface area (Å²) in [6, 6.07) is 1.47. The Morgan fingerprint density at radius 3 is 2.80 bits per heavy atom. The molecule has 0 saturated carbocycles. The summed E-state index contributed by atoms with van der Waals surface area (Å²) in [6.45, 7) is 0.121. The number of hydrogen-bond acceptors (Lipinski definition) is 1. The van der Waals surface area contributed by atoms with E-state index < -0.39 is 0 Å². The van der Waals surface area contributed by atoms with Crippen LogP contribution < -0.4 is 5.32 Å². The maximum absolute atomic E-state index is 10.3. The summed E-state index contributed by atoms with van der Waals surface area (Å²) in [5.74, 6) is 0.719. The predicted octanol–water partition coefficient (Wildman–Crippen LogP) is 0.948. The van der Waals surface area contributed by atoms with Gasteiger partial charge in [0.05, 0.1) is 6.61 Å². The molecule has 0 aromatic carbocycles. The molecule has 3 atom stereocenters. The van der Waals surface area contributed by atoms with E-state index in [1.807, 2.05) is 0 Å². The minimum Gasteiger partial charge on any atom is -0.311 e. The summed E-state index contributed by atoms with van der Waals surface area (Å²) in [5, 5.41) is 13.9. The van der Waals surface area contributed by atoms with Crippen LogP contribution in [0.4, 0.5) is 0 Å². The second-order valence-corrected chi connectivity index (χ2v) is 3.54. The van der Waals surface area contributed by atoms with E-state index in [1.54, 1.807) is 0 Å². The molecule has 0 aliphatic carbocycles. The van der Waals surface area contributed by atoms with Crippen LogP contribution in [0.15, 0.2) is 0 Å². The molecular formula is C8H14NO. The van der Waals surface area contributed by atoms with Gasteiger partial charge in [0.1, 0.15) is 0 Å². The Balaban J connectivity index is 1.90. The average molecular weight is 140 g/mol. The Morgan fingerprint density at radius 2 is 2.30 bits per heavy atom. The lowest BCUT2D eigenvalue weighted by atomic mass is 9.87. The molecule has 57 valence electrons. The third kappa shape index (κ3) is 0.956. The summed E-state index contributed by atoms with van der Waals surface area (Å²) >= 11 is 0. The van der Waals surface area contributed by atoms with Gasteiger partial charge in [0.25, 0.3) is 0 Å². The van der Waals surface area contributed by atoms with E-state index >= 15 is 0 Å². The topological polar surface area (TPSA) is 31.9 Å². The highest BCUT2D eigenvalue weighted by atomic mass is 16.3. The zero-order valence-electron chi connectivity index (χ0n) is 6.18. The van der Waals surface area contributed by atoms with Crippen molar-refractivity contribution in [1.82, 2.24) is 5.32 Å². The Hall–Kier alpha value is -0.0800. The van der Waals surface area contributed by atoms with Crippen molar-refractivity contribution in [3.05, 3.63) is 0 Å². The van der Waals surface area contributed by atoms with Crippen molar-refractivity contribution >= 4 is 0 Å². The molecule has 0 spiro atoms. The van der Waals surface area contributed by atoms with Gasteiger partial charge >= 0.3 is 0 Å². The van der Waals surface area contributed by atoms with Crippen LogP contribution in [0.1, 0.15) is 25.7 Å². The highest BCUT2D eigenvalue weighted by Crippen LogP contribution is 2.34. The van der Waals surface area contributed by atoms with Crippen LogP contribution in [0.3, 0.4) is 0 Å². The number of nitrogens with one attached hydrogen (secondary N) is 1. The lowest BCUT2D eigenvalue weighted by molar-refractivity contribution is 0.163.